The van der Waals surface area contributed by atoms with E-state index in [0.717, 1.165) is 52.9 Å². The first-order valence-corrected chi connectivity index (χ1v) is 13.1. The zero-order valence-electron chi connectivity index (χ0n) is 19.6. The van der Waals surface area contributed by atoms with Crippen molar-refractivity contribution in [3.8, 4) is 11.3 Å². The minimum Gasteiger partial charge on any atom is -0.351 e. The summed E-state index contributed by atoms with van der Waals surface area (Å²) < 4.78 is 29.9. The molecule has 35 heavy (non-hydrogen) atoms. The molecular weight excluding hydrogens is 464 g/mol. The Morgan fingerprint density at radius 2 is 1.83 bits per heavy atom. The Morgan fingerprint density at radius 1 is 1.09 bits per heavy atom. The smallest absolute Gasteiger partial charge is 0.314 e. The number of pyridine rings is 1. The van der Waals surface area contributed by atoms with Gasteiger partial charge >= 0.3 is 6.03 Å². The Morgan fingerprint density at radius 3 is 2.54 bits per heavy atom. The molecule has 10 heteroatoms. The van der Waals surface area contributed by atoms with E-state index in [0.29, 0.717) is 18.7 Å². The van der Waals surface area contributed by atoms with E-state index in [2.05, 4.69) is 11.1 Å². The van der Waals surface area contributed by atoms with Crippen molar-refractivity contribution in [3.05, 3.63) is 65.6 Å². The van der Waals surface area contributed by atoms with Crippen LogP contribution < -0.4 is 5.73 Å². The summed E-state index contributed by atoms with van der Waals surface area (Å²) in [6.07, 6.45) is 5.11. The number of aromatic nitrogens is 4. The van der Waals surface area contributed by atoms with E-state index in [4.69, 9.17) is 10.8 Å². The molecule has 2 aliphatic rings. The van der Waals surface area contributed by atoms with Crippen LogP contribution in [0.2, 0.25) is 0 Å². The van der Waals surface area contributed by atoms with Crippen LogP contribution in [0.1, 0.15) is 29.7 Å². The van der Waals surface area contributed by atoms with Crippen molar-refractivity contribution < 1.29 is 13.2 Å². The van der Waals surface area contributed by atoms with Crippen LogP contribution in [0.25, 0.3) is 22.3 Å². The number of likely N-dealkylation sites (tertiary alicyclic amines) is 1. The molecule has 1 atom stereocenters. The van der Waals surface area contributed by atoms with Gasteiger partial charge in [0.1, 0.15) is 0 Å². The van der Waals surface area contributed by atoms with Gasteiger partial charge in [-0.05, 0) is 56.5 Å². The largest absolute Gasteiger partial charge is 0.351 e. The molecule has 2 aliphatic heterocycles. The van der Waals surface area contributed by atoms with E-state index >= 15 is 0 Å². The van der Waals surface area contributed by atoms with E-state index < -0.39 is 10.0 Å². The van der Waals surface area contributed by atoms with Gasteiger partial charge in [0.25, 0.3) is 10.0 Å². The molecule has 0 saturated carbocycles. The number of rotatable bonds is 3. The first-order valence-electron chi connectivity index (χ1n) is 11.6. The summed E-state index contributed by atoms with van der Waals surface area (Å²) in [6, 6.07) is 10.5. The molecule has 0 radical (unpaired) electrons. The van der Waals surface area contributed by atoms with Gasteiger partial charge in [-0.15, -0.1) is 0 Å². The van der Waals surface area contributed by atoms with Gasteiger partial charge in [0.2, 0.25) is 0 Å². The molecule has 4 aromatic rings. The number of fused-ring (bicyclic) bond motifs is 3. The van der Waals surface area contributed by atoms with Crippen LogP contribution >= 0.6 is 0 Å². The number of benzene rings is 1. The van der Waals surface area contributed by atoms with Crippen LogP contribution in [0.3, 0.4) is 0 Å². The SMILES string of the molecule is Cc1ccc(S(=O)(=O)n2cc(C)c3cc(-c4cc5n(n4)CC[C@]54CCN(C(N)=O)C4)cnc32)cc1. The summed E-state index contributed by atoms with van der Waals surface area (Å²) in [5, 5.41) is 5.58. The fourth-order valence-electron chi connectivity index (χ4n) is 5.45. The maximum atomic E-state index is 13.3. The van der Waals surface area contributed by atoms with Gasteiger partial charge in [-0.3, -0.25) is 4.68 Å². The standard InChI is InChI=1S/C25H26N6O3S/c1-16-3-5-19(6-4-16)35(33,34)31-14-17(2)20-11-18(13-27-23(20)31)21-12-22-25(8-10-30(22)28-21)7-9-29(15-25)24(26)32/h3-6,11-14H,7-10,15H2,1-2H3,(H2,26,32)/t25-/m0/s1. The Hall–Kier alpha value is -3.66. The van der Waals surface area contributed by atoms with Gasteiger partial charge in [-0.1, -0.05) is 17.7 Å². The second-order valence-corrected chi connectivity index (χ2v) is 11.5. The maximum absolute atomic E-state index is 13.3. The highest BCUT2D eigenvalue weighted by atomic mass is 32.2. The highest BCUT2D eigenvalue weighted by molar-refractivity contribution is 7.90. The minimum absolute atomic E-state index is 0.112. The Balaban J connectivity index is 1.38. The van der Waals surface area contributed by atoms with Crippen molar-refractivity contribution in [2.24, 2.45) is 5.73 Å². The molecule has 6 rings (SSSR count). The fourth-order valence-corrected chi connectivity index (χ4v) is 6.83. The summed E-state index contributed by atoms with van der Waals surface area (Å²) in [7, 11) is -3.77. The fraction of sp³-hybridized carbons (Fsp3) is 0.320. The molecule has 1 spiro atoms. The van der Waals surface area contributed by atoms with Gasteiger partial charge in [-0.2, -0.15) is 5.10 Å². The average Bonchev–Trinajstić information content (AvgIpc) is 3.59. The predicted molar refractivity (Wildman–Crippen MR) is 132 cm³/mol. The number of hydrogen-bond acceptors (Lipinski definition) is 5. The molecule has 0 bridgehead atoms. The number of primary amides is 1. The van der Waals surface area contributed by atoms with E-state index in [9.17, 15) is 13.2 Å². The van der Waals surface area contributed by atoms with Gasteiger partial charge in [-0.25, -0.2) is 22.2 Å². The lowest BCUT2D eigenvalue weighted by Crippen LogP contribution is -2.36. The van der Waals surface area contributed by atoms with Crippen LogP contribution in [0.4, 0.5) is 4.79 Å². The Bertz CT molecular complexity index is 1600. The number of carbonyl (C=O) groups excluding carboxylic acids is 1. The number of aryl methyl sites for hydroxylation is 3. The van der Waals surface area contributed by atoms with E-state index in [1.165, 1.54) is 3.97 Å². The van der Waals surface area contributed by atoms with Crippen molar-refractivity contribution in [3.63, 3.8) is 0 Å². The van der Waals surface area contributed by atoms with Crippen LogP contribution in [0.15, 0.2) is 53.7 Å². The predicted octanol–water partition coefficient (Wildman–Crippen LogP) is 3.18. The summed E-state index contributed by atoms with van der Waals surface area (Å²) in [5.74, 6) is 0. The van der Waals surface area contributed by atoms with E-state index in [-0.39, 0.29) is 16.3 Å². The molecule has 3 aromatic heterocycles. The monoisotopic (exact) mass is 490 g/mol. The van der Waals surface area contributed by atoms with Crippen LogP contribution in [0, 0.1) is 13.8 Å². The number of carbonyl (C=O) groups is 1. The van der Waals surface area contributed by atoms with Crippen molar-refractivity contribution in [1.82, 2.24) is 23.6 Å². The highest BCUT2D eigenvalue weighted by Gasteiger charge is 2.46. The van der Waals surface area contributed by atoms with Crippen LogP contribution in [0.5, 0.6) is 0 Å². The van der Waals surface area contributed by atoms with Crippen molar-refractivity contribution in [2.75, 3.05) is 13.1 Å². The third-order valence-electron chi connectivity index (χ3n) is 7.48. The molecule has 0 unspecified atom stereocenters. The third-order valence-corrected chi connectivity index (χ3v) is 9.14. The molecule has 9 nitrogen and oxygen atoms in total. The molecular formula is C25H26N6O3S. The zero-order chi connectivity index (χ0) is 24.5. The summed E-state index contributed by atoms with van der Waals surface area (Å²) in [6.45, 7) is 5.87. The molecule has 2 amide bonds. The number of hydrogen-bond donors (Lipinski definition) is 1. The molecule has 1 aromatic carbocycles. The second kappa shape index (κ2) is 7.42. The average molecular weight is 491 g/mol. The third kappa shape index (κ3) is 3.27. The quantitative estimate of drug-likeness (QED) is 0.474. The molecule has 0 aliphatic carbocycles. The Labute approximate surface area is 203 Å². The molecule has 1 fully saturated rings. The van der Waals surface area contributed by atoms with E-state index in [1.54, 1.807) is 41.6 Å². The minimum atomic E-state index is -3.77. The molecule has 5 heterocycles. The molecule has 2 N–H and O–H groups in total. The first-order chi connectivity index (χ1) is 16.7. The van der Waals surface area contributed by atoms with Gasteiger partial charge in [0, 0.05) is 54.1 Å². The highest BCUT2D eigenvalue weighted by Crippen LogP contribution is 2.43. The summed E-state index contributed by atoms with van der Waals surface area (Å²) in [5.41, 5.74) is 10.4. The van der Waals surface area contributed by atoms with Crippen molar-refractivity contribution in [1.29, 1.82) is 0 Å². The van der Waals surface area contributed by atoms with Crippen molar-refractivity contribution >= 4 is 27.1 Å². The van der Waals surface area contributed by atoms with E-state index in [1.807, 2.05) is 24.6 Å². The molecule has 180 valence electrons. The van der Waals surface area contributed by atoms with Crippen LogP contribution in [-0.4, -0.2) is 51.2 Å². The lowest BCUT2D eigenvalue weighted by molar-refractivity contribution is 0.215. The first kappa shape index (κ1) is 21.8. The maximum Gasteiger partial charge on any atom is 0.314 e. The lowest BCUT2D eigenvalue weighted by atomic mass is 9.82. The number of nitrogens with zero attached hydrogens (tertiary/aromatic N) is 5. The molecule has 1 saturated heterocycles. The van der Waals surface area contributed by atoms with Crippen LogP contribution in [-0.2, 0) is 22.0 Å². The second-order valence-electron chi connectivity index (χ2n) is 9.70. The normalized spacial score (nSPS) is 19.7. The summed E-state index contributed by atoms with van der Waals surface area (Å²) in [4.78, 5) is 18.2. The Kier molecular flexibility index (Phi) is 4.63. The zero-order valence-corrected chi connectivity index (χ0v) is 20.4. The topological polar surface area (TPSA) is 116 Å². The van der Waals surface area contributed by atoms with Crippen molar-refractivity contribution in [2.45, 2.75) is 43.5 Å². The van der Waals surface area contributed by atoms with Gasteiger partial charge in [0.15, 0.2) is 5.65 Å². The lowest BCUT2D eigenvalue weighted by Gasteiger charge is -2.22. The number of amides is 2. The van der Waals surface area contributed by atoms with Gasteiger partial charge in [0.05, 0.1) is 10.6 Å². The summed E-state index contributed by atoms with van der Waals surface area (Å²) >= 11 is 0. The number of nitrogens with two attached hydrogens (primary N) is 1. The number of urea groups is 1. The van der Waals surface area contributed by atoms with Gasteiger partial charge < -0.3 is 10.6 Å².